The number of hydrogen-bond acceptors (Lipinski definition) is 5. The van der Waals surface area contributed by atoms with Crippen molar-refractivity contribution in [3.63, 3.8) is 0 Å². The van der Waals surface area contributed by atoms with Crippen molar-refractivity contribution in [2.24, 2.45) is 0 Å². The Balaban J connectivity index is 2.14. The van der Waals surface area contributed by atoms with E-state index in [1.165, 1.54) is 0 Å². The van der Waals surface area contributed by atoms with Gasteiger partial charge in [-0.1, -0.05) is 41.4 Å². The molecule has 0 bridgehead atoms. The predicted molar refractivity (Wildman–Crippen MR) is 108 cm³/mol. The number of amides is 1. The molecule has 0 saturated carbocycles. The van der Waals surface area contributed by atoms with Gasteiger partial charge in [-0.3, -0.25) is 14.4 Å². The Hall–Kier alpha value is -3.12. The molecule has 1 N–H and O–H groups in total. The van der Waals surface area contributed by atoms with Gasteiger partial charge in [0.1, 0.15) is 12.3 Å². The van der Waals surface area contributed by atoms with Crippen LogP contribution in [0.3, 0.4) is 0 Å². The fourth-order valence-electron chi connectivity index (χ4n) is 3.25. The lowest BCUT2D eigenvalue weighted by molar-refractivity contribution is -0.149. The van der Waals surface area contributed by atoms with E-state index in [0.717, 1.165) is 10.5 Å². The van der Waals surface area contributed by atoms with Gasteiger partial charge in [0.05, 0.1) is 18.2 Å². The van der Waals surface area contributed by atoms with Crippen molar-refractivity contribution >= 4 is 35.0 Å². The van der Waals surface area contributed by atoms with Crippen molar-refractivity contribution in [3.05, 3.63) is 75.8 Å². The van der Waals surface area contributed by atoms with Crippen molar-refractivity contribution in [1.82, 2.24) is 4.90 Å². The maximum Gasteiger partial charge on any atom is 0.325 e. The standard InChI is InChI=1S/C22H20ClNO5/c1-3-29-17(25)12-24-19(14-6-4-13(2)5-7-14)18(21(27)22(24)28)20(26)15-8-10-16(23)11-9-15/h4-11,19,26H,3,12H2,1-2H3/t19-/m0/s1. The molecule has 0 aromatic heterocycles. The number of esters is 1. The van der Waals surface area contributed by atoms with Gasteiger partial charge in [0.15, 0.2) is 0 Å². The Bertz CT molecular complexity index is 979. The topological polar surface area (TPSA) is 83.9 Å². The van der Waals surface area contributed by atoms with E-state index >= 15 is 0 Å². The van der Waals surface area contributed by atoms with Crippen LogP contribution < -0.4 is 0 Å². The van der Waals surface area contributed by atoms with Crippen LogP contribution in [0.2, 0.25) is 5.02 Å². The molecule has 2 aromatic rings. The first kappa shape index (κ1) is 20.6. The zero-order valence-electron chi connectivity index (χ0n) is 16.0. The van der Waals surface area contributed by atoms with Crippen LogP contribution in [-0.4, -0.2) is 40.8 Å². The van der Waals surface area contributed by atoms with E-state index in [4.69, 9.17) is 16.3 Å². The van der Waals surface area contributed by atoms with Crippen LogP contribution >= 0.6 is 11.6 Å². The van der Waals surface area contributed by atoms with Crippen LogP contribution in [0.1, 0.15) is 29.7 Å². The summed E-state index contributed by atoms with van der Waals surface area (Å²) in [6.45, 7) is 3.33. The highest BCUT2D eigenvalue weighted by Crippen LogP contribution is 2.39. The predicted octanol–water partition coefficient (Wildman–Crippen LogP) is 3.63. The van der Waals surface area contributed by atoms with Crippen LogP contribution in [-0.2, 0) is 19.1 Å². The summed E-state index contributed by atoms with van der Waals surface area (Å²) >= 11 is 5.90. The SMILES string of the molecule is CCOC(=O)CN1C(=O)C(=O)C(=C(O)c2ccc(Cl)cc2)[C@@H]1c1ccc(C)cc1. The molecule has 1 saturated heterocycles. The number of Topliss-reactive ketones (excluding diaryl/α,β-unsaturated/α-hetero) is 1. The van der Waals surface area contributed by atoms with E-state index < -0.39 is 30.2 Å². The molecule has 3 rings (SSSR count). The molecular weight excluding hydrogens is 394 g/mol. The highest BCUT2D eigenvalue weighted by atomic mass is 35.5. The summed E-state index contributed by atoms with van der Waals surface area (Å²) in [5.41, 5.74) is 1.87. The van der Waals surface area contributed by atoms with E-state index in [2.05, 4.69) is 0 Å². The molecule has 1 amide bonds. The maximum atomic E-state index is 12.8. The van der Waals surface area contributed by atoms with E-state index in [1.54, 1.807) is 43.3 Å². The number of hydrogen-bond donors (Lipinski definition) is 1. The number of likely N-dealkylation sites (tertiary alicyclic amines) is 1. The van der Waals surface area contributed by atoms with Crippen LogP contribution in [0.15, 0.2) is 54.1 Å². The molecule has 6 nitrogen and oxygen atoms in total. The molecule has 2 aromatic carbocycles. The van der Waals surface area contributed by atoms with Crippen LogP contribution in [0.4, 0.5) is 0 Å². The molecular formula is C22H20ClNO5. The molecule has 0 spiro atoms. The van der Waals surface area contributed by atoms with Crippen LogP contribution in [0, 0.1) is 6.92 Å². The number of ketones is 1. The minimum Gasteiger partial charge on any atom is -0.507 e. The van der Waals surface area contributed by atoms with Gasteiger partial charge in [-0.15, -0.1) is 0 Å². The zero-order valence-corrected chi connectivity index (χ0v) is 16.8. The van der Waals surface area contributed by atoms with Gasteiger partial charge in [0, 0.05) is 10.6 Å². The Morgan fingerprint density at radius 3 is 2.31 bits per heavy atom. The zero-order chi connectivity index (χ0) is 21.1. The van der Waals surface area contributed by atoms with Gasteiger partial charge in [0.2, 0.25) is 0 Å². The number of ether oxygens (including phenoxy) is 1. The van der Waals surface area contributed by atoms with E-state index in [0.29, 0.717) is 16.1 Å². The number of carbonyl (C=O) groups is 3. The Morgan fingerprint density at radius 1 is 1.10 bits per heavy atom. The maximum absolute atomic E-state index is 12.8. The summed E-state index contributed by atoms with van der Waals surface area (Å²) in [4.78, 5) is 38.7. The third-order valence-corrected chi connectivity index (χ3v) is 4.91. The van der Waals surface area contributed by atoms with Crippen LogP contribution in [0.5, 0.6) is 0 Å². The molecule has 0 aliphatic carbocycles. The molecule has 150 valence electrons. The number of aliphatic hydroxyl groups excluding tert-OH is 1. The first-order valence-electron chi connectivity index (χ1n) is 9.10. The van der Waals surface area contributed by atoms with Gasteiger partial charge >= 0.3 is 5.97 Å². The first-order valence-corrected chi connectivity index (χ1v) is 9.47. The minimum atomic E-state index is -0.907. The van der Waals surface area contributed by atoms with Crippen molar-refractivity contribution in [2.45, 2.75) is 19.9 Å². The van der Waals surface area contributed by atoms with Crippen molar-refractivity contribution in [1.29, 1.82) is 0 Å². The number of carbonyl (C=O) groups excluding carboxylic acids is 3. The summed E-state index contributed by atoms with van der Waals surface area (Å²) in [5.74, 6) is -2.67. The molecule has 1 aliphatic rings. The van der Waals surface area contributed by atoms with Gasteiger partial charge < -0.3 is 14.7 Å². The van der Waals surface area contributed by atoms with Crippen LogP contribution in [0.25, 0.3) is 5.76 Å². The second-order valence-electron chi connectivity index (χ2n) is 6.65. The highest BCUT2D eigenvalue weighted by molar-refractivity contribution is 6.46. The van der Waals surface area contributed by atoms with Gasteiger partial charge in [-0.25, -0.2) is 0 Å². The molecule has 0 radical (unpaired) electrons. The normalized spacial score (nSPS) is 18.2. The van der Waals surface area contributed by atoms with Gasteiger partial charge in [-0.2, -0.15) is 0 Å². The van der Waals surface area contributed by atoms with E-state index in [9.17, 15) is 19.5 Å². The summed E-state index contributed by atoms with van der Waals surface area (Å²) in [7, 11) is 0. The quantitative estimate of drug-likeness (QED) is 0.350. The molecule has 29 heavy (non-hydrogen) atoms. The summed E-state index contributed by atoms with van der Waals surface area (Å²) in [5, 5.41) is 11.3. The summed E-state index contributed by atoms with van der Waals surface area (Å²) in [6, 6.07) is 12.6. The first-order chi connectivity index (χ1) is 13.8. The third-order valence-electron chi connectivity index (χ3n) is 4.66. The van der Waals surface area contributed by atoms with Gasteiger partial charge in [-0.05, 0) is 43.7 Å². The molecule has 1 fully saturated rings. The average Bonchev–Trinajstić information content (AvgIpc) is 2.94. The highest BCUT2D eigenvalue weighted by Gasteiger charge is 2.46. The lowest BCUT2D eigenvalue weighted by atomic mass is 9.95. The lowest BCUT2D eigenvalue weighted by Gasteiger charge is -2.24. The number of aliphatic hydroxyl groups is 1. The largest absolute Gasteiger partial charge is 0.507 e. The Labute approximate surface area is 173 Å². The summed E-state index contributed by atoms with van der Waals surface area (Å²) < 4.78 is 4.95. The third kappa shape index (κ3) is 4.17. The number of aryl methyl sites for hydroxylation is 1. The Kier molecular flexibility index (Phi) is 6.03. The number of rotatable bonds is 5. The Morgan fingerprint density at radius 2 is 1.72 bits per heavy atom. The monoisotopic (exact) mass is 413 g/mol. The molecule has 1 heterocycles. The number of benzene rings is 2. The molecule has 1 aliphatic heterocycles. The fraction of sp³-hybridized carbons (Fsp3) is 0.227. The molecule has 7 heteroatoms. The second-order valence-corrected chi connectivity index (χ2v) is 7.09. The summed E-state index contributed by atoms with van der Waals surface area (Å²) in [6.07, 6.45) is 0. The number of nitrogens with zero attached hydrogens (tertiary/aromatic N) is 1. The average molecular weight is 414 g/mol. The lowest BCUT2D eigenvalue weighted by Crippen LogP contribution is -2.35. The van der Waals surface area contributed by atoms with Crippen molar-refractivity contribution in [2.75, 3.05) is 13.2 Å². The molecule has 1 atom stereocenters. The number of halogens is 1. The van der Waals surface area contributed by atoms with Crippen molar-refractivity contribution in [3.8, 4) is 0 Å². The molecule has 0 unspecified atom stereocenters. The minimum absolute atomic E-state index is 0.0783. The van der Waals surface area contributed by atoms with E-state index in [1.807, 2.05) is 19.1 Å². The van der Waals surface area contributed by atoms with Crippen molar-refractivity contribution < 1.29 is 24.2 Å². The smallest absolute Gasteiger partial charge is 0.325 e. The van der Waals surface area contributed by atoms with E-state index in [-0.39, 0.29) is 17.9 Å². The second kappa shape index (κ2) is 8.49. The fourth-order valence-corrected chi connectivity index (χ4v) is 3.37. The van der Waals surface area contributed by atoms with Gasteiger partial charge in [0.25, 0.3) is 11.7 Å².